The van der Waals surface area contributed by atoms with E-state index in [9.17, 15) is 0 Å². The number of aromatic nitrogens is 1. The van der Waals surface area contributed by atoms with Crippen LogP contribution in [0.3, 0.4) is 0 Å². The second kappa shape index (κ2) is 6.68. The number of nitrogens with one attached hydrogen (secondary N) is 1. The average Bonchev–Trinajstić information content (AvgIpc) is 2.42. The Bertz CT molecular complexity index is 558. The summed E-state index contributed by atoms with van der Waals surface area (Å²) in [5.41, 5.74) is 2.28. The van der Waals surface area contributed by atoms with Gasteiger partial charge in [0, 0.05) is 22.8 Å². The molecule has 2 aromatic rings. The normalized spacial score (nSPS) is 10.5. The fourth-order valence-electron chi connectivity index (χ4n) is 1.82. The number of hydrogen-bond donors (Lipinski definition) is 1. The van der Waals surface area contributed by atoms with Crippen LogP contribution < -0.4 is 10.1 Å². The summed E-state index contributed by atoms with van der Waals surface area (Å²) in [4.78, 5) is 4.34. The van der Waals surface area contributed by atoms with Crippen molar-refractivity contribution in [3.63, 3.8) is 0 Å². The monoisotopic (exact) mass is 320 g/mol. The Hall–Kier alpha value is -1.39. The van der Waals surface area contributed by atoms with E-state index in [0.717, 1.165) is 28.8 Å². The lowest BCUT2D eigenvalue weighted by molar-refractivity contribution is 0.453. The lowest BCUT2D eigenvalue weighted by Gasteiger charge is -2.11. The highest BCUT2D eigenvalue weighted by molar-refractivity contribution is 9.10. The minimum atomic E-state index is 0.644. The number of hydrogen-bond acceptors (Lipinski definition) is 3. The molecule has 1 aromatic heterocycles. The van der Waals surface area contributed by atoms with E-state index in [2.05, 4.69) is 39.2 Å². The standard InChI is InChI=1S/C15H17BrN2O/c1-3-11-5-4-6-14(7-11)19-15-12(9-17-2)8-13(16)10-18-15/h4-8,10,17H,3,9H2,1-2H3. The number of rotatable bonds is 5. The summed E-state index contributed by atoms with van der Waals surface area (Å²) in [6, 6.07) is 10.1. The Labute approximate surface area is 122 Å². The molecule has 0 aliphatic rings. The first-order valence-corrected chi connectivity index (χ1v) is 7.08. The number of nitrogens with zero attached hydrogens (tertiary/aromatic N) is 1. The number of benzene rings is 1. The summed E-state index contributed by atoms with van der Waals surface area (Å²) in [7, 11) is 1.91. The molecule has 0 unspecified atom stereocenters. The van der Waals surface area contributed by atoms with Gasteiger partial charge in [-0.2, -0.15) is 0 Å². The van der Waals surface area contributed by atoms with Crippen molar-refractivity contribution in [1.29, 1.82) is 0 Å². The van der Waals surface area contributed by atoms with E-state index in [-0.39, 0.29) is 0 Å². The van der Waals surface area contributed by atoms with Crippen LogP contribution in [0.1, 0.15) is 18.1 Å². The summed E-state index contributed by atoms with van der Waals surface area (Å²) in [5.74, 6) is 1.47. The van der Waals surface area contributed by atoms with Crippen LogP contribution in [0.15, 0.2) is 41.0 Å². The first-order chi connectivity index (χ1) is 9.22. The quantitative estimate of drug-likeness (QED) is 0.906. The number of pyridine rings is 1. The second-order valence-electron chi connectivity index (χ2n) is 4.25. The van der Waals surface area contributed by atoms with Gasteiger partial charge in [-0.25, -0.2) is 4.98 Å². The Balaban J connectivity index is 2.26. The lowest BCUT2D eigenvalue weighted by atomic mass is 10.2. The maximum absolute atomic E-state index is 5.89. The van der Waals surface area contributed by atoms with Crippen molar-refractivity contribution >= 4 is 15.9 Å². The van der Waals surface area contributed by atoms with Crippen LogP contribution in [0.25, 0.3) is 0 Å². The third-order valence-electron chi connectivity index (χ3n) is 2.78. The molecule has 0 bridgehead atoms. The van der Waals surface area contributed by atoms with Crippen LogP contribution >= 0.6 is 15.9 Å². The zero-order valence-electron chi connectivity index (χ0n) is 11.1. The Kier molecular flexibility index (Phi) is 4.93. The van der Waals surface area contributed by atoms with Gasteiger partial charge in [0.1, 0.15) is 5.75 Å². The van der Waals surface area contributed by atoms with Gasteiger partial charge in [0.25, 0.3) is 0 Å². The summed E-state index contributed by atoms with van der Waals surface area (Å²) in [6.07, 6.45) is 2.74. The van der Waals surface area contributed by atoms with Crippen LogP contribution in [0, 0.1) is 0 Å². The van der Waals surface area contributed by atoms with Crippen LogP contribution in [-0.4, -0.2) is 12.0 Å². The van der Waals surface area contributed by atoms with Crippen molar-refractivity contribution in [2.45, 2.75) is 19.9 Å². The molecule has 100 valence electrons. The molecule has 0 amide bonds. The summed E-state index contributed by atoms with van der Waals surface area (Å²) in [5, 5.41) is 3.12. The molecule has 4 heteroatoms. The van der Waals surface area contributed by atoms with Gasteiger partial charge in [0.05, 0.1) is 0 Å². The maximum Gasteiger partial charge on any atom is 0.223 e. The molecule has 0 spiro atoms. The van der Waals surface area contributed by atoms with Crippen molar-refractivity contribution in [2.75, 3.05) is 7.05 Å². The lowest BCUT2D eigenvalue weighted by Crippen LogP contribution is -2.07. The van der Waals surface area contributed by atoms with E-state index in [4.69, 9.17) is 4.74 Å². The van der Waals surface area contributed by atoms with Gasteiger partial charge in [-0.3, -0.25) is 0 Å². The molecule has 0 aliphatic carbocycles. The summed E-state index contributed by atoms with van der Waals surface area (Å²) >= 11 is 3.43. The Morgan fingerprint density at radius 1 is 1.32 bits per heavy atom. The molecular weight excluding hydrogens is 304 g/mol. The van der Waals surface area contributed by atoms with Gasteiger partial charge in [0.15, 0.2) is 0 Å². The van der Waals surface area contributed by atoms with Gasteiger partial charge < -0.3 is 10.1 Å². The highest BCUT2D eigenvalue weighted by Gasteiger charge is 2.07. The summed E-state index contributed by atoms with van der Waals surface area (Å²) in [6.45, 7) is 2.85. The molecule has 0 saturated heterocycles. The predicted molar refractivity (Wildman–Crippen MR) is 80.6 cm³/mol. The van der Waals surface area contributed by atoms with E-state index in [1.54, 1.807) is 6.20 Å². The minimum absolute atomic E-state index is 0.644. The first kappa shape index (κ1) is 14.0. The minimum Gasteiger partial charge on any atom is -0.439 e. The van der Waals surface area contributed by atoms with Gasteiger partial charge in [-0.05, 0) is 53.2 Å². The largest absolute Gasteiger partial charge is 0.439 e. The van der Waals surface area contributed by atoms with Crippen LogP contribution in [0.5, 0.6) is 11.6 Å². The molecule has 1 N–H and O–H groups in total. The van der Waals surface area contributed by atoms with E-state index >= 15 is 0 Å². The van der Waals surface area contributed by atoms with Crippen LogP contribution in [0.4, 0.5) is 0 Å². The van der Waals surface area contributed by atoms with E-state index in [1.165, 1.54) is 5.56 Å². The zero-order chi connectivity index (χ0) is 13.7. The molecule has 19 heavy (non-hydrogen) atoms. The maximum atomic E-state index is 5.89. The van der Waals surface area contributed by atoms with Crippen LogP contribution in [0.2, 0.25) is 0 Å². The molecule has 3 nitrogen and oxygen atoms in total. The number of aryl methyl sites for hydroxylation is 1. The number of halogens is 1. The third kappa shape index (κ3) is 3.78. The highest BCUT2D eigenvalue weighted by Crippen LogP contribution is 2.26. The molecule has 1 aromatic carbocycles. The smallest absolute Gasteiger partial charge is 0.223 e. The molecule has 2 rings (SSSR count). The fourth-order valence-corrected chi connectivity index (χ4v) is 2.20. The molecule has 0 atom stereocenters. The SMILES string of the molecule is CCc1cccc(Oc2ncc(Br)cc2CNC)c1. The van der Waals surface area contributed by atoms with Gasteiger partial charge >= 0.3 is 0 Å². The van der Waals surface area contributed by atoms with E-state index in [1.807, 2.05) is 31.3 Å². The number of ether oxygens (including phenoxy) is 1. The van der Waals surface area contributed by atoms with Crippen molar-refractivity contribution < 1.29 is 4.74 Å². The molecular formula is C15H17BrN2O. The van der Waals surface area contributed by atoms with Crippen molar-refractivity contribution in [1.82, 2.24) is 10.3 Å². The van der Waals surface area contributed by atoms with Gasteiger partial charge in [-0.15, -0.1) is 0 Å². The zero-order valence-corrected chi connectivity index (χ0v) is 12.7. The average molecular weight is 321 g/mol. The van der Waals surface area contributed by atoms with E-state index < -0.39 is 0 Å². The summed E-state index contributed by atoms with van der Waals surface area (Å²) < 4.78 is 6.84. The third-order valence-corrected chi connectivity index (χ3v) is 3.21. The second-order valence-corrected chi connectivity index (χ2v) is 5.17. The van der Waals surface area contributed by atoms with Gasteiger partial charge in [-0.1, -0.05) is 19.1 Å². The molecule has 1 heterocycles. The van der Waals surface area contributed by atoms with Gasteiger partial charge in [0.2, 0.25) is 5.88 Å². The fraction of sp³-hybridized carbons (Fsp3) is 0.267. The molecule has 0 aliphatic heterocycles. The van der Waals surface area contributed by atoms with Crippen molar-refractivity contribution in [2.24, 2.45) is 0 Å². The predicted octanol–water partition coefficient (Wildman–Crippen LogP) is 3.92. The van der Waals surface area contributed by atoms with Crippen LogP contribution in [-0.2, 0) is 13.0 Å². The highest BCUT2D eigenvalue weighted by atomic mass is 79.9. The topological polar surface area (TPSA) is 34.1 Å². The molecule has 0 saturated carbocycles. The van der Waals surface area contributed by atoms with Crippen molar-refractivity contribution in [3.8, 4) is 11.6 Å². The van der Waals surface area contributed by atoms with Crippen molar-refractivity contribution in [3.05, 3.63) is 52.1 Å². The first-order valence-electron chi connectivity index (χ1n) is 6.28. The molecule has 0 radical (unpaired) electrons. The van der Waals surface area contributed by atoms with E-state index in [0.29, 0.717) is 5.88 Å². The molecule has 0 fully saturated rings. The Morgan fingerprint density at radius 3 is 2.89 bits per heavy atom. The Morgan fingerprint density at radius 2 is 2.16 bits per heavy atom.